The molecule has 0 fully saturated rings. The fraction of sp³-hybridized carbons (Fsp3) is 0.211. The number of nitrogens with one attached hydrogen (secondary N) is 1. The highest BCUT2D eigenvalue weighted by molar-refractivity contribution is 7.08. The first-order valence-electron chi connectivity index (χ1n) is 8.62. The predicted octanol–water partition coefficient (Wildman–Crippen LogP) is 3.20. The van der Waals surface area contributed by atoms with Crippen molar-refractivity contribution in [2.75, 3.05) is 6.54 Å². The summed E-state index contributed by atoms with van der Waals surface area (Å²) in [6.07, 6.45) is 8.37. The Morgan fingerprint density at radius 1 is 1.15 bits per heavy atom. The molecule has 0 aromatic carbocycles. The minimum atomic E-state index is 0.177. The third-order valence-electron chi connectivity index (χ3n) is 4.85. The van der Waals surface area contributed by atoms with E-state index in [1.165, 1.54) is 17.0 Å². The summed E-state index contributed by atoms with van der Waals surface area (Å²) in [4.78, 5) is 19.2. The molecular weight excluding hydrogens is 344 g/mol. The van der Waals surface area contributed by atoms with Crippen LogP contribution in [0.1, 0.15) is 28.7 Å². The van der Waals surface area contributed by atoms with Crippen LogP contribution in [0, 0.1) is 0 Å². The maximum absolute atomic E-state index is 4.63. The summed E-state index contributed by atoms with van der Waals surface area (Å²) in [7, 11) is 0. The molecule has 130 valence electrons. The molecule has 6 nitrogen and oxygen atoms in total. The average molecular weight is 362 g/mol. The van der Waals surface area contributed by atoms with Gasteiger partial charge in [0.2, 0.25) is 5.95 Å². The van der Waals surface area contributed by atoms with Gasteiger partial charge in [-0.15, -0.1) is 0 Å². The van der Waals surface area contributed by atoms with E-state index in [4.69, 9.17) is 0 Å². The third kappa shape index (κ3) is 2.65. The van der Waals surface area contributed by atoms with Crippen LogP contribution in [0.25, 0.3) is 5.95 Å². The van der Waals surface area contributed by atoms with Crippen LogP contribution >= 0.6 is 11.3 Å². The van der Waals surface area contributed by atoms with Crippen molar-refractivity contribution in [3.63, 3.8) is 0 Å². The van der Waals surface area contributed by atoms with Crippen LogP contribution < -0.4 is 0 Å². The van der Waals surface area contributed by atoms with Crippen LogP contribution in [0.15, 0.2) is 59.9 Å². The minimum Gasteiger partial charge on any atom is -0.348 e. The van der Waals surface area contributed by atoms with Gasteiger partial charge in [0.05, 0.1) is 18.1 Å². The molecule has 1 unspecified atom stereocenters. The summed E-state index contributed by atoms with van der Waals surface area (Å²) in [6, 6.07) is 8.40. The van der Waals surface area contributed by atoms with Gasteiger partial charge in [-0.2, -0.15) is 11.3 Å². The molecule has 0 amide bonds. The van der Waals surface area contributed by atoms with Gasteiger partial charge in [-0.05, 0) is 40.6 Å². The summed E-state index contributed by atoms with van der Waals surface area (Å²) in [5.41, 5.74) is 4.87. The monoisotopic (exact) mass is 362 g/mol. The molecule has 5 rings (SSSR count). The number of nitrogens with zero attached hydrogens (tertiary/aromatic N) is 5. The van der Waals surface area contributed by atoms with Gasteiger partial charge in [-0.3, -0.25) is 9.47 Å². The van der Waals surface area contributed by atoms with Crippen molar-refractivity contribution in [3.05, 3.63) is 82.6 Å². The molecule has 1 N–H and O–H groups in total. The predicted molar refractivity (Wildman–Crippen MR) is 100 cm³/mol. The molecule has 0 bridgehead atoms. The van der Waals surface area contributed by atoms with E-state index in [0.29, 0.717) is 5.95 Å². The Bertz CT molecular complexity index is 988. The summed E-state index contributed by atoms with van der Waals surface area (Å²) in [5, 5.41) is 4.36. The maximum atomic E-state index is 4.63. The second kappa shape index (κ2) is 6.51. The lowest BCUT2D eigenvalue weighted by Crippen LogP contribution is -2.36. The maximum Gasteiger partial charge on any atom is 0.233 e. The number of aromatic nitrogens is 5. The molecule has 7 heteroatoms. The van der Waals surface area contributed by atoms with Crippen molar-refractivity contribution >= 4 is 11.3 Å². The van der Waals surface area contributed by atoms with E-state index >= 15 is 0 Å². The highest BCUT2D eigenvalue weighted by Gasteiger charge is 2.31. The number of hydrogen-bond donors (Lipinski definition) is 1. The molecule has 0 radical (unpaired) electrons. The zero-order valence-electron chi connectivity index (χ0n) is 14.1. The van der Waals surface area contributed by atoms with Crippen molar-refractivity contribution in [2.45, 2.75) is 19.0 Å². The summed E-state index contributed by atoms with van der Waals surface area (Å²) < 4.78 is 2.06. The second-order valence-electron chi connectivity index (χ2n) is 6.36. The Hall–Kier alpha value is -2.77. The third-order valence-corrected chi connectivity index (χ3v) is 5.55. The quantitative estimate of drug-likeness (QED) is 0.606. The lowest BCUT2D eigenvalue weighted by molar-refractivity contribution is 0.197. The fourth-order valence-electron chi connectivity index (χ4n) is 3.66. The molecule has 0 saturated carbocycles. The lowest BCUT2D eigenvalue weighted by atomic mass is 9.97. The summed E-state index contributed by atoms with van der Waals surface area (Å²) in [6.45, 7) is 1.80. The molecule has 4 aromatic rings. The molecule has 26 heavy (non-hydrogen) atoms. The summed E-state index contributed by atoms with van der Waals surface area (Å²) >= 11 is 1.73. The van der Waals surface area contributed by atoms with Gasteiger partial charge in [-0.1, -0.05) is 0 Å². The second-order valence-corrected chi connectivity index (χ2v) is 7.14. The van der Waals surface area contributed by atoms with Crippen molar-refractivity contribution in [1.29, 1.82) is 0 Å². The van der Waals surface area contributed by atoms with E-state index in [1.54, 1.807) is 23.7 Å². The number of imidazole rings is 1. The number of fused-ring (bicyclic) bond motifs is 1. The Kier molecular flexibility index (Phi) is 3.88. The van der Waals surface area contributed by atoms with Crippen LogP contribution in [0.2, 0.25) is 0 Å². The minimum absolute atomic E-state index is 0.177. The topological polar surface area (TPSA) is 62.6 Å². The van der Waals surface area contributed by atoms with Crippen LogP contribution in [0.5, 0.6) is 0 Å². The van der Waals surface area contributed by atoms with Crippen molar-refractivity contribution in [1.82, 2.24) is 29.4 Å². The van der Waals surface area contributed by atoms with Crippen molar-refractivity contribution in [2.24, 2.45) is 0 Å². The Morgan fingerprint density at radius 3 is 2.92 bits per heavy atom. The number of H-pyrrole nitrogens is 1. The van der Waals surface area contributed by atoms with E-state index in [1.807, 2.05) is 18.6 Å². The van der Waals surface area contributed by atoms with Gasteiger partial charge >= 0.3 is 0 Å². The number of aromatic amines is 1. The zero-order valence-corrected chi connectivity index (χ0v) is 14.9. The SMILES string of the molecule is c1cnc(-n2cccc2CN2CCc3[nH]cnc3C2c2ccsc2)nc1. The molecule has 1 atom stereocenters. The molecule has 4 aromatic heterocycles. The normalized spacial score (nSPS) is 17.3. The highest BCUT2D eigenvalue weighted by atomic mass is 32.1. The van der Waals surface area contributed by atoms with Crippen molar-refractivity contribution in [3.8, 4) is 5.95 Å². The number of thiophene rings is 1. The van der Waals surface area contributed by atoms with Gasteiger partial charge < -0.3 is 4.98 Å². The molecule has 1 aliphatic heterocycles. The van der Waals surface area contributed by atoms with Gasteiger partial charge in [0.25, 0.3) is 0 Å². The van der Waals surface area contributed by atoms with Crippen LogP contribution in [-0.4, -0.2) is 35.9 Å². The van der Waals surface area contributed by atoms with E-state index in [2.05, 4.69) is 58.4 Å². The largest absolute Gasteiger partial charge is 0.348 e. The van der Waals surface area contributed by atoms with Crippen LogP contribution in [0.3, 0.4) is 0 Å². The summed E-state index contributed by atoms with van der Waals surface area (Å²) in [5.74, 6) is 0.706. The molecule has 0 saturated heterocycles. The molecular formula is C19H18N6S. The standard InChI is InChI=1S/C19H18N6S/c1-3-15(25(8-1)19-20-6-2-7-21-19)11-24-9-4-16-17(23-13-22-16)18(24)14-5-10-26-12-14/h1-3,5-8,10,12-13,18H,4,9,11H2,(H,22,23). The van der Waals surface area contributed by atoms with E-state index < -0.39 is 0 Å². The van der Waals surface area contributed by atoms with E-state index in [9.17, 15) is 0 Å². The smallest absolute Gasteiger partial charge is 0.233 e. The Labute approximate surface area is 155 Å². The molecule has 1 aliphatic rings. The van der Waals surface area contributed by atoms with E-state index in [0.717, 1.165) is 25.2 Å². The van der Waals surface area contributed by atoms with E-state index in [-0.39, 0.29) is 6.04 Å². The fourth-order valence-corrected chi connectivity index (χ4v) is 4.34. The van der Waals surface area contributed by atoms with Gasteiger partial charge in [0, 0.05) is 49.5 Å². The molecule has 5 heterocycles. The molecule has 0 aliphatic carbocycles. The van der Waals surface area contributed by atoms with Gasteiger partial charge in [-0.25, -0.2) is 15.0 Å². The van der Waals surface area contributed by atoms with Gasteiger partial charge in [0.15, 0.2) is 0 Å². The van der Waals surface area contributed by atoms with Crippen LogP contribution in [-0.2, 0) is 13.0 Å². The first-order valence-corrected chi connectivity index (χ1v) is 9.56. The lowest BCUT2D eigenvalue weighted by Gasteiger charge is -2.34. The average Bonchev–Trinajstić information content (AvgIpc) is 3.44. The zero-order chi connectivity index (χ0) is 17.3. The van der Waals surface area contributed by atoms with Gasteiger partial charge in [0.1, 0.15) is 0 Å². The highest BCUT2D eigenvalue weighted by Crippen LogP contribution is 2.35. The first kappa shape index (κ1) is 15.5. The van der Waals surface area contributed by atoms with Crippen LogP contribution in [0.4, 0.5) is 0 Å². The first-order chi connectivity index (χ1) is 12.9. The number of hydrogen-bond acceptors (Lipinski definition) is 5. The Balaban J connectivity index is 1.50. The molecule has 0 spiro atoms. The Morgan fingerprint density at radius 2 is 2.08 bits per heavy atom. The number of rotatable bonds is 4. The van der Waals surface area contributed by atoms with Crippen molar-refractivity contribution < 1.29 is 0 Å².